The first-order valence-electron chi connectivity index (χ1n) is 6.62. The zero-order chi connectivity index (χ0) is 12.7. The van der Waals surface area contributed by atoms with Crippen LogP contribution in [-0.4, -0.2) is 13.2 Å². The SMILES string of the molecule is CCCOc1ccc(C)cc1C(C)CCCN. The van der Waals surface area contributed by atoms with Gasteiger partial charge in [-0.25, -0.2) is 0 Å². The topological polar surface area (TPSA) is 35.2 Å². The van der Waals surface area contributed by atoms with Crippen molar-refractivity contribution in [2.45, 2.75) is 46.0 Å². The second-order valence-electron chi connectivity index (χ2n) is 4.72. The highest BCUT2D eigenvalue weighted by Crippen LogP contribution is 2.30. The molecular weight excluding hydrogens is 210 g/mol. The molecule has 0 aliphatic rings. The van der Waals surface area contributed by atoms with Crippen LogP contribution < -0.4 is 10.5 Å². The molecule has 1 aromatic rings. The molecule has 1 rings (SSSR count). The van der Waals surface area contributed by atoms with Gasteiger partial charge in [0.15, 0.2) is 0 Å². The molecule has 17 heavy (non-hydrogen) atoms. The first-order valence-corrected chi connectivity index (χ1v) is 6.62. The molecule has 0 spiro atoms. The lowest BCUT2D eigenvalue weighted by Crippen LogP contribution is -2.05. The molecule has 0 fully saturated rings. The summed E-state index contributed by atoms with van der Waals surface area (Å²) in [5.41, 5.74) is 8.19. The summed E-state index contributed by atoms with van der Waals surface area (Å²) in [7, 11) is 0. The Labute approximate surface area is 105 Å². The van der Waals surface area contributed by atoms with Gasteiger partial charge >= 0.3 is 0 Å². The standard InChI is InChI=1S/C15H25NO/c1-4-10-17-15-8-7-12(2)11-14(15)13(3)6-5-9-16/h7-8,11,13H,4-6,9-10,16H2,1-3H3. The van der Waals surface area contributed by atoms with E-state index in [4.69, 9.17) is 10.5 Å². The minimum atomic E-state index is 0.519. The Bertz CT molecular complexity index is 336. The Balaban J connectivity index is 2.81. The summed E-state index contributed by atoms with van der Waals surface area (Å²) in [6, 6.07) is 6.45. The molecule has 0 aromatic heterocycles. The van der Waals surface area contributed by atoms with Gasteiger partial charge in [0, 0.05) is 0 Å². The zero-order valence-corrected chi connectivity index (χ0v) is 11.3. The summed E-state index contributed by atoms with van der Waals surface area (Å²) in [4.78, 5) is 0. The number of hydrogen-bond acceptors (Lipinski definition) is 2. The Kier molecular flexibility index (Phi) is 6.06. The van der Waals surface area contributed by atoms with Crippen LogP contribution in [-0.2, 0) is 0 Å². The van der Waals surface area contributed by atoms with Crippen molar-refractivity contribution in [3.05, 3.63) is 29.3 Å². The predicted octanol–water partition coefficient (Wildman–Crippen LogP) is 3.63. The van der Waals surface area contributed by atoms with Crippen molar-refractivity contribution >= 4 is 0 Å². The fourth-order valence-electron chi connectivity index (χ4n) is 1.98. The van der Waals surface area contributed by atoms with E-state index in [1.165, 1.54) is 11.1 Å². The third-order valence-electron chi connectivity index (χ3n) is 3.00. The maximum atomic E-state index is 5.81. The van der Waals surface area contributed by atoms with Crippen LogP contribution in [0.3, 0.4) is 0 Å². The second-order valence-corrected chi connectivity index (χ2v) is 4.72. The van der Waals surface area contributed by atoms with E-state index in [1.807, 2.05) is 0 Å². The van der Waals surface area contributed by atoms with Crippen molar-refractivity contribution < 1.29 is 4.74 Å². The van der Waals surface area contributed by atoms with E-state index in [2.05, 4.69) is 39.0 Å². The molecule has 0 aliphatic carbocycles. The van der Waals surface area contributed by atoms with Crippen molar-refractivity contribution in [2.75, 3.05) is 13.2 Å². The molecule has 0 amide bonds. The van der Waals surface area contributed by atoms with E-state index < -0.39 is 0 Å². The monoisotopic (exact) mass is 235 g/mol. The quantitative estimate of drug-likeness (QED) is 0.783. The van der Waals surface area contributed by atoms with Crippen LogP contribution in [0, 0.1) is 6.92 Å². The van der Waals surface area contributed by atoms with Gasteiger partial charge in [-0.2, -0.15) is 0 Å². The molecular formula is C15H25NO. The van der Waals surface area contributed by atoms with Crippen LogP contribution in [0.25, 0.3) is 0 Å². The number of hydrogen-bond donors (Lipinski definition) is 1. The van der Waals surface area contributed by atoms with E-state index in [9.17, 15) is 0 Å². The highest BCUT2D eigenvalue weighted by molar-refractivity contribution is 5.39. The van der Waals surface area contributed by atoms with Crippen LogP contribution in [0.4, 0.5) is 0 Å². The first-order chi connectivity index (χ1) is 8.19. The number of aryl methyl sites for hydroxylation is 1. The maximum absolute atomic E-state index is 5.81. The molecule has 0 aliphatic heterocycles. The minimum Gasteiger partial charge on any atom is -0.493 e. The van der Waals surface area contributed by atoms with Crippen LogP contribution in [0.2, 0.25) is 0 Å². The minimum absolute atomic E-state index is 0.519. The van der Waals surface area contributed by atoms with Crippen molar-refractivity contribution in [1.82, 2.24) is 0 Å². The predicted molar refractivity (Wildman–Crippen MR) is 73.7 cm³/mol. The lowest BCUT2D eigenvalue weighted by molar-refractivity contribution is 0.312. The normalized spacial score (nSPS) is 12.5. The van der Waals surface area contributed by atoms with Gasteiger partial charge in [-0.15, -0.1) is 0 Å². The lowest BCUT2D eigenvalue weighted by Gasteiger charge is -2.17. The second kappa shape index (κ2) is 7.33. The highest BCUT2D eigenvalue weighted by atomic mass is 16.5. The molecule has 1 atom stereocenters. The van der Waals surface area contributed by atoms with Gasteiger partial charge in [0.1, 0.15) is 5.75 Å². The maximum Gasteiger partial charge on any atom is 0.122 e. The van der Waals surface area contributed by atoms with Crippen LogP contribution in [0.1, 0.15) is 50.2 Å². The average molecular weight is 235 g/mol. The van der Waals surface area contributed by atoms with E-state index in [-0.39, 0.29) is 0 Å². The molecule has 96 valence electrons. The Morgan fingerprint density at radius 1 is 1.35 bits per heavy atom. The summed E-state index contributed by atoms with van der Waals surface area (Å²) in [5, 5.41) is 0. The Morgan fingerprint density at radius 3 is 2.76 bits per heavy atom. The Morgan fingerprint density at radius 2 is 2.12 bits per heavy atom. The smallest absolute Gasteiger partial charge is 0.122 e. The molecule has 0 bridgehead atoms. The average Bonchev–Trinajstić information content (AvgIpc) is 2.34. The molecule has 2 nitrogen and oxygen atoms in total. The fourth-order valence-corrected chi connectivity index (χ4v) is 1.98. The summed E-state index contributed by atoms with van der Waals surface area (Å²) in [5.74, 6) is 1.56. The summed E-state index contributed by atoms with van der Waals surface area (Å²) < 4.78 is 5.81. The van der Waals surface area contributed by atoms with Gasteiger partial charge in [0.2, 0.25) is 0 Å². The molecule has 1 unspecified atom stereocenters. The van der Waals surface area contributed by atoms with Gasteiger partial charge in [0.25, 0.3) is 0 Å². The van der Waals surface area contributed by atoms with Crippen molar-refractivity contribution in [2.24, 2.45) is 5.73 Å². The molecule has 2 heteroatoms. The third kappa shape index (κ3) is 4.39. The molecule has 0 heterocycles. The van der Waals surface area contributed by atoms with E-state index >= 15 is 0 Å². The van der Waals surface area contributed by atoms with Crippen LogP contribution in [0.15, 0.2) is 18.2 Å². The third-order valence-corrected chi connectivity index (χ3v) is 3.00. The van der Waals surface area contributed by atoms with Gasteiger partial charge in [-0.3, -0.25) is 0 Å². The molecule has 0 radical (unpaired) electrons. The van der Waals surface area contributed by atoms with Crippen molar-refractivity contribution in [1.29, 1.82) is 0 Å². The van der Waals surface area contributed by atoms with Gasteiger partial charge in [-0.1, -0.05) is 31.5 Å². The van der Waals surface area contributed by atoms with E-state index in [0.717, 1.165) is 38.2 Å². The lowest BCUT2D eigenvalue weighted by atomic mass is 9.94. The number of ether oxygens (including phenoxy) is 1. The molecule has 1 aromatic carbocycles. The van der Waals surface area contributed by atoms with Gasteiger partial charge < -0.3 is 10.5 Å². The summed E-state index contributed by atoms with van der Waals surface area (Å²) in [6.07, 6.45) is 3.25. The first kappa shape index (κ1) is 14.0. The van der Waals surface area contributed by atoms with Crippen molar-refractivity contribution in [3.63, 3.8) is 0 Å². The van der Waals surface area contributed by atoms with E-state index in [1.54, 1.807) is 0 Å². The highest BCUT2D eigenvalue weighted by Gasteiger charge is 2.11. The zero-order valence-electron chi connectivity index (χ0n) is 11.3. The van der Waals surface area contributed by atoms with Crippen LogP contribution >= 0.6 is 0 Å². The summed E-state index contributed by atoms with van der Waals surface area (Å²) >= 11 is 0. The van der Waals surface area contributed by atoms with Crippen LogP contribution in [0.5, 0.6) is 5.75 Å². The number of benzene rings is 1. The van der Waals surface area contributed by atoms with Gasteiger partial charge in [0.05, 0.1) is 6.61 Å². The molecule has 0 saturated carbocycles. The Hall–Kier alpha value is -1.02. The van der Waals surface area contributed by atoms with Gasteiger partial charge in [-0.05, 0) is 50.3 Å². The molecule has 2 N–H and O–H groups in total. The van der Waals surface area contributed by atoms with E-state index in [0.29, 0.717) is 5.92 Å². The largest absolute Gasteiger partial charge is 0.493 e. The summed E-state index contributed by atoms with van der Waals surface area (Å²) in [6.45, 7) is 8.07. The van der Waals surface area contributed by atoms with Crippen molar-refractivity contribution in [3.8, 4) is 5.75 Å². The fraction of sp³-hybridized carbons (Fsp3) is 0.600. The number of rotatable bonds is 7. The number of nitrogens with two attached hydrogens (primary N) is 1. The molecule has 0 saturated heterocycles.